The molecule has 25 heavy (non-hydrogen) atoms. The Labute approximate surface area is 153 Å². The molecule has 1 aliphatic rings. The normalized spacial score (nSPS) is 13.9. The summed E-state index contributed by atoms with van der Waals surface area (Å²) in [6.07, 6.45) is 3.75. The molecule has 0 saturated heterocycles. The van der Waals surface area contributed by atoms with E-state index in [4.69, 9.17) is 4.74 Å². The van der Waals surface area contributed by atoms with Gasteiger partial charge in [-0.15, -0.1) is 11.3 Å². The SMILES string of the molecule is CC.COc1ccc2c(n1)CCN(Cc1cnc(NC(C)=O)s1)CC2. The van der Waals surface area contributed by atoms with Gasteiger partial charge in [0.05, 0.1) is 7.11 Å². The van der Waals surface area contributed by atoms with Gasteiger partial charge in [-0.3, -0.25) is 9.69 Å². The van der Waals surface area contributed by atoms with E-state index < -0.39 is 0 Å². The van der Waals surface area contributed by atoms with Gasteiger partial charge in [0.15, 0.2) is 5.13 Å². The average molecular weight is 362 g/mol. The van der Waals surface area contributed by atoms with Crippen molar-refractivity contribution in [2.75, 3.05) is 25.5 Å². The molecule has 7 heteroatoms. The van der Waals surface area contributed by atoms with Gasteiger partial charge in [0.2, 0.25) is 11.8 Å². The lowest BCUT2D eigenvalue weighted by atomic mass is 10.1. The average Bonchev–Trinajstić information content (AvgIpc) is 2.95. The number of carbonyl (C=O) groups is 1. The fraction of sp³-hybridized carbons (Fsp3) is 0.500. The van der Waals surface area contributed by atoms with E-state index >= 15 is 0 Å². The smallest absolute Gasteiger partial charge is 0.223 e. The van der Waals surface area contributed by atoms with E-state index in [1.807, 2.05) is 26.1 Å². The molecule has 1 aliphatic heterocycles. The van der Waals surface area contributed by atoms with Crippen LogP contribution in [0.1, 0.15) is 36.9 Å². The topological polar surface area (TPSA) is 67.3 Å². The summed E-state index contributed by atoms with van der Waals surface area (Å²) in [6, 6.07) is 4.05. The number of nitrogens with zero attached hydrogens (tertiary/aromatic N) is 3. The first-order chi connectivity index (χ1) is 12.1. The summed E-state index contributed by atoms with van der Waals surface area (Å²) in [5.41, 5.74) is 2.44. The molecule has 0 saturated carbocycles. The van der Waals surface area contributed by atoms with Gasteiger partial charge in [0.1, 0.15) is 0 Å². The van der Waals surface area contributed by atoms with Crippen molar-refractivity contribution in [3.05, 3.63) is 34.5 Å². The summed E-state index contributed by atoms with van der Waals surface area (Å²) in [6.45, 7) is 8.30. The number of fused-ring (bicyclic) bond motifs is 1. The molecule has 0 bridgehead atoms. The molecule has 0 aliphatic carbocycles. The number of thiazole rings is 1. The van der Waals surface area contributed by atoms with Crippen molar-refractivity contribution in [3.63, 3.8) is 0 Å². The van der Waals surface area contributed by atoms with Crippen molar-refractivity contribution in [1.29, 1.82) is 0 Å². The van der Waals surface area contributed by atoms with E-state index in [-0.39, 0.29) is 5.91 Å². The molecule has 0 unspecified atom stereocenters. The molecule has 2 aromatic rings. The molecule has 0 radical (unpaired) electrons. The quantitative estimate of drug-likeness (QED) is 0.905. The third-order valence-electron chi connectivity index (χ3n) is 3.83. The Hall–Kier alpha value is -1.99. The molecule has 1 N–H and O–H groups in total. The summed E-state index contributed by atoms with van der Waals surface area (Å²) in [5.74, 6) is 0.593. The zero-order valence-corrected chi connectivity index (χ0v) is 16.2. The fourth-order valence-electron chi connectivity index (χ4n) is 2.69. The van der Waals surface area contributed by atoms with Gasteiger partial charge in [-0.2, -0.15) is 0 Å². The molecule has 3 heterocycles. The number of methoxy groups -OCH3 is 1. The highest BCUT2D eigenvalue weighted by Crippen LogP contribution is 2.22. The van der Waals surface area contributed by atoms with Crippen molar-refractivity contribution in [3.8, 4) is 5.88 Å². The summed E-state index contributed by atoms with van der Waals surface area (Å²) >= 11 is 1.53. The van der Waals surface area contributed by atoms with Crippen LogP contribution in [0.5, 0.6) is 5.88 Å². The number of nitrogens with one attached hydrogen (secondary N) is 1. The number of aromatic nitrogens is 2. The van der Waals surface area contributed by atoms with Crippen LogP contribution in [-0.2, 0) is 24.2 Å². The van der Waals surface area contributed by atoms with Crippen molar-refractivity contribution in [2.24, 2.45) is 0 Å². The van der Waals surface area contributed by atoms with Crippen molar-refractivity contribution < 1.29 is 9.53 Å². The van der Waals surface area contributed by atoms with Gasteiger partial charge in [0, 0.05) is 55.8 Å². The highest BCUT2D eigenvalue weighted by atomic mass is 32.1. The van der Waals surface area contributed by atoms with Crippen LogP contribution in [0.4, 0.5) is 5.13 Å². The van der Waals surface area contributed by atoms with E-state index in [0.29, 0.717) is 11.0 Å². The van der Waals surface area contributed by atoms with Crippen LogP contribution in [0.25, 0.3) is 0 Å². The van der Waals surface area contributed by atoms with E-state index in [1.54, 1.807) is 7.11 Å². The Bertz CT molecular complexity index is 702. The van der Waals surface area contributed by atoms with E-state index in [2.05, 4.69) is 26.3 Å². The predicted molar refractivity (Wildman–Crippen MR) is 101 cm³/mol. The molecule has 1 amide bonds. The molecule has 0 atom stereocenters. The van der Waals surface area contributed by atoms with Crippen LogP contribution in [0, 0.1) is 0 Å². The molecular formula is C18H26N4O2S. The van der Waals surface area contributed by atoms with Crippen LogP contribution >= 0.6 is 11.3 Å². The number of anilines is 1. The van der Waals surface area contributed by atoms with Gasteiger partial charge in [0.25, 0.3) is 0 Å². The Morgan fingerprint density at radius 1 is 1.32 bits per heavy atom. The number of carbonyl (C=O) groups excluding carboxylic acids is 1. The molecule has 3 rings (SSSR count). The highest BCUT2D eigenvalue weighted by Gasteiger charge is 2.17. The minimum Gasteiger partial charge on any atom is -0.481 e. The summed E-state index contributed by atoms with van der Waals surface area (Å²) in [4.78, 5) is 23.4. The van der Waals surface area contributed by atoms with Gasteiger partial charge >= 0.3 is 0 Å². The number of hydrogen-bond acceptors (Lipinski definition) is 6. The van der Waals surface area contributed by atoms with E-state index in [9.17, 15) is 4.79 Å². The Kier molecular flexibility index (Phi) is 7.33. The summed E-state index contributed by atoms with van der Waals surface area (Å²) < 4.78 is 5.21. The van der Waals surface area contributed by atoms with Gasteiger partial charge in [-0.05, 0) is 12.0 Å². The molecular weight excluding hydrogens is 336 g/mol. The van der Waals surface area contributed by atoms with Crippen LogP contribution in [0.3, 0.4) is 0 Å². The standard InChI is InChI=1S/C16H20N4O2S.C2H6/c1-11(21)18-16-17-9-13(23-16)10-20-7-5-12-3-4-15(22-2)19-14(12)6-8-20;1-2/h3-4,9H,5-8,10H2,1-2H3,(H,17,18,21);1-2H3. The van der Waals surface area contributed by atoms with Crippen LogP contribution in [0.2, 0.25) is 0 Å². The zero-order valence-electron chi connectivity index (χ0n) is 15.3. The first kappa shape index (κ1) is 19.3. The summed E-state index contributed by atoms with van der Waals surface area (Å²) in [5, 5.41) is 3.39. The number of rotatable bonds is 4. The number of amides is 1. The van der Waals surface area contributed by atoms with Crippen LogP contribution < -0.4 is 10.1 Å². The molecule has 0 aromatic carbocycles. The Balaban J connectivity index is 0.00000109. The maximum absolute atomic E-state index is 11.1. The lowest BCUT2D eigenvalue weighted by Crippen LogP contribution is -2.25. The second-order valence-electron chi connectivity index (χ2n) is 5.55. The third-order valence-corrected chi connectivity index (χ3v) is 4.73. The Morgan fingerprint density at radius 3 is 2.80 bits per heavy atom. The van der Waals surface area contributed by atoms with E-state index in [0.717, 1.165) is 43.0 Å². The lowest BCUT2D eigenvalue weighted by Gasteiger charge is -2.18. The monoisotopic (exact) mass is 362 g/mol. The van der Waals surface area contributed by atoms with E-state index in [1.165, 1.54) is 23.8 Å². The van der Waals surface area contributed by atoms with Crippen molar-refractivity contribution in [2.45, 2.75) is 40.2 Å². The van der Waals surface area contributed by atoms with Crippen LogP contribution in [0.15, 0.2) is 18.3 Å². The minimum absolute atomic E-state index is 0.0869. The fourth-order valence-corrected chi connectivity index (χ4v) is 3.59. The maximum atomic E-state index is 11.1. The van der Waals surface area contributed by atoms with Crippen LogP contribution in [-0.4, -0.2) is 41.0 Å². The second kappa shape index (κ2) is 9.48. The van der Waals surface area contributed by atoms with Crippen molar-refractivity contribution >= 4 is 22.4 Å². The minimum atomic E-state index is -0.0869. The first-order valence-electron chi connectivity index (χ1n) is 8.61. The molecule has 6 nitrogen and oxygen atoms in total. The molecule has 136 valence electrons. The number of hydrogen-bond donors (Lipinski definition) is 1. The second-order valence-corrected chi connectivity index (χ2v) is 6.66. The van der Waals surface area contributed by atoms with Crippen molar-refractivity contribution in [1.82, 2.24) is 14.9 Å². The van der Waals surface area contributed by atoms with Gasteiger partial charge in [-0.25, -0.2) is 9.97 Å². The molecule has 0 fully saturated rings. The first-order valence-corrected chi connectivity index (χ1v) is 9.43. The lowest BCUT2D eigenvalue weighted by molar-refractivity contribution is -0.114. The maximum Gasteiger partial charge on any atom is 0.223 e. The number of ether oxygens (including phenoxy) is 1. The largest absolute Gasteiger partial charge is 0.481 e. The zero-order chi connectivity index (χ0) is 18.2. The van der Waals surface area contributed by atoms with Gasteiger partial charge < -0.3 is 10.1 Å². The number of pyridine rings is 1. The highest BCUT2D eigenvalue weighted by molar-refractivity contribution is 7.15. The predicted octanol–water partition coefficient (Wildman–Crippen LogP) is 3.13. The molecule has 2 aromatic heterocycles. The van der Waals surface area contributed by atoms with Gasteiger partial charge in [-0.1, -0.05) is 19.9 Å². The summed E-state index contributed by atoms with van der Waals surface area (Å²) in [7, 11) is 1.65. The Morgan fingerprint density at radius 2 is 2.08 bits per heavy atom. The third kappa shape index (κ3) is 5.51. The molecule has 0 spiro atoms.